The Labute approximate surface area is 184 Å². The Balaban J connectivity index is 1.57. The smallest absolute Gasteiger partial charge is 0.146 e. The van der Waals surface area contributed by atoms with E-state index in [9.17, 15) is 0 Å². The van der Waals surface area contributed by atoms with Gasteiger partial charge in [0.2, 0.25) is 0 Å². The van der Waals surface area contributed by atoms with Gasteiger partial charge in [-0.25, -0.2) is 15.0 Å². The van der Waals surface area contributed by atoms with Gasteiger partial charge in [0.15, 0.2) is 0 Å². The maximum atomic E-state index is 6.77. The van der Waals surface area contributed by atoms with Crippen LogP contribution < -0.4 is 5.73 Å². The number of hydrogen-bond donors (Lipinski definition) is 1. The zero-order valence-corrected chi connectivity index (χ0v) is 17.5. The molecule has 0 amide bonds. The summed E-state index contributed by atoms with van der Waals surface area (Å²) in [7, 11) is 0. The van der Waals surface area contributed by atoms with Crippen molar-refractivity contribution in [1.82, 2.24) is 19.5 Å². The largest absolute Gasteiger partial charge is 0.383 e. The van der Waals surface area contributed by atoms with E-state index >= 15 is 0 Å². The molecule has 1 saturated carbocycles. The van der Waals surface area contributed by atoms with Gasteiger partial charge in [0, 0.05) is 39.3 Å². The molecular weight excluding hydrogens is 406 g/mol. The minimum atomic E-state index is 0.451. The number of aromatic nitrogens is 4. The lowest BCUT2D eigenvalue weighted by molar-refractivity contribution is 0.320. The van der Waals surface area contributed by atoms with Gasteiger partial charge in [0.05, 0.1) is 16.6 Å². The molecule has 3 heterocycles. The van der Waals surface area contributed by atoms with Crippen molar-refractivity contribution in [3.05, 3.63) is 72.1 Å². The minimum absolute atomic E-state index is 0.451. The zero-order chi connectivity index (χ0) is 20.9. The Kier molecular flexibility index (Phi) is 4.18. The van der Waals surface area contributed by atoms with Crippen molar-refractivity contribution < 1.29 is 0 Å². The summed E-state index contributed by atoms with van der Waals surface area (Å²) < 4.78 is 2.24. The third-order valence-corrected chi connectivity index (χ3v) is 6.56. The summed E-state index contributed by atoms with van der Waals surface area (Å²) in [4.78, 5) is 13.7. The molecule has 6 heteroatoms. The standard InChI is InChI=1S/C25H20ClN5/c26-20-11-16-9-10-21(15-5-2-1-3-6-15)30-22(16)12-18(20)19-13-31(17-7-4-8-17)25-23(19)24(27)28-14-29-25/h1-3,5-6,9-14,17H,4,7-8H2,(H2,27,28,29). The number of pyridine rings is 1. The Morgan fingerprint density at radius 3 is 2.58 bits per heavy atom. The van der Waals surface area contributed by atoms with Crippen molar-refractivity contribution in [1.29, 1.82) is 0 Å². The van der Waals surface area contributed by atoms with Crippen LogP contribution >= 0.6 is 11.6 Å². The molecule has 6 rings (SSSR count). The average Bonchev–Trinajstić information content (AvgIpc) is 3.12. The first kappa shape index (κ1) is 18.3. The average molecular weight is 426 g/mol. The fraction of sp³-hybridized carbons (Fsp3) is 0.160. The van der Waals surface area contributed by atoms with Crippen LogP contribution in [0, 0.1) is 0 Å². The molecule has 152 valence electrons. The van der Waals surface area contributed by atoms with Crippen LogP contribution in [0.2, 0.25) is 5.02 Å². The van der Waals surface area contributed by atoms with Crippen molar-refractivity contribution in [2.45, 2.75) is 25.3 Å². The summed E-state index contributed by atoms with van der Waals surface area (Å²) in [5, 5.41) is 2.52. The molecule has 0 bridgehead atoms. The molecule has 0 aliphatic heterocycles. The molecule has 5 aromatic rings. The van der Waals surface area contributed by atoms with Gasteiger partial charge in [-0.1, -0.05) is 48.0 Å². The molecule has 0 spiro atoms. The molecule has 1 fully saturated rings. The van der Waals surface area contributed by atoms with Crippen LogP contribution in [-0.4, -0.2) is 19.5 Å². The number of nitrogens with two attached hydrogens (primary N) is 1. The molecule has 0 atom stereocenters. The van der Waals surface area contributed by atoms with Gasteiger partial charge in [-0.15, -0.1) is 0 Å². The first-order valence-electron chi connectivity index (χ1n) is 10.5. The number of halogens is 1. The number of rotatable bonds is 3. The van der Waals surface area contributed by atoms with Gasteiger partial charge in [0.25, 0.3) is 0 Å². The Bertz CT molecular complexity index is 1440. The van der Waals surface area contributed by atoms with Crippen molar-refractivity contribution >= 4 is 39.4 Å². The maximum Gasteiger partial charge on any atom is 0.146 e. The molecule has 2 aromatic carbocycles. The second-order valence-electron chi connectivity index (χ2n) is 8.08. The van der Waals surface area contributed by atoms with E-state index in [1.54, 1.807) is 0 Å². The fourth-order valence-electron chi connectivity index (χ4n) is 4.38. The highest BCUT2D eigenvalue weighted by Crippen LogP contribution is 2.42. The quantitative estimate of drug-likeness (QED) is 0.369. The Morgan fingerprint density at radius 2 is 1.81 bits per heavy atom. The number of benzene rings is 2. The zero-order valence-electron chi connectivity index (χ0n) is 16.8. The number of hydrogen-bond acceptors (Lipinski definition) is 4. The van der Waals surface area contributed by atoms with Crippen LogP contribution in [0.4, 0.5) is 5.82 Å². The van der Waals surface area contributed by atoms with Gasteiger partial charge in [-0.2, -0.15) is 0 Å². The van der Waals surface area contributed by atoms with Gasteiger partial charge >= 0.3 is 0 Å². The first-order valence-corrected chi connectivity index (χ1v) is 10.8. The molecule has 0 radical (unpaired) electrons. The van der Waals surface area contributed by atoms with E-state index < -0.39 is 0 Å². The summed E-state index contributed by atoms with van der Waals surface area (Å²) in [5.41, 5.74) is 11.9. The highest BCUT2D eigenvalue weighted by molar-refractivity contribution is 6.34. The number of nitrogens with zero attached hydrogens (tertiary/aromatic N) is 4. The third-order valence-electron chi connectivity index (χ3n) is 6.24. The Hall–Kier alpha value is -3.44. The number of nitrogen functional groups attached to an aromatic ring is 1. The van der Waals surface area contributed by atoms with E-state index in [0.29, 0.717) is 16.9 Å². The van der Waals surface area contributed by atoms with Gasteiger partial charge < -0.3 is 10.3 Å². The highest BCUT2D eigenvalue weighted by atomic mass is 35.5. The van der Waals surface area contributed by atoms with Crippen LogP contribution in [0.25, 0.3) is 44.3 Å². The summed E-state index contributed by atoms with van der Waals surface area (Å²) in [6.07, 6.45) is 7.21. The molecule has 31 heavy (non-hydrogen) atoms. The lowest BCUT2D eigenvalue weighted by Gasteiger charge is -2.27. The van der Waals surface area contributed by atoms with Crippen molar-refractivity contribution in [2.75, 3.05) is 5.73 Å². The van der Waals surface area contributed by atoms with E-state index in [-0.39, 0.29) is 0 Å². The second kappa shape index (κ2) is 7.06. The normalized spacial score (nSPS) is 14.2. The summed E-state index contributed by atoms with van der Waals surface area (Å²) in [6, 6.07) is 18.7. The second-order valence-corrected chi connectivity index (χ2v) is 8.49. The van der Waals surface area contributed by atoms with Crippen molar-refractivity contribution in [3.63, 3.8) is 0 Å². The van der Waals surface area contributed by atoms with Crippen LogP contribution in [0.15, 0.2) is 67.1 Å². The first-order chi connectivity index (χ1) is 15.2. The monoisotopic (exact) mass is 425 g/mol. The molecule has 0 unspecified atom stereocenters. The lowest BCUT2D eigenvalue weighted by atomic mass is 9.93. The minimum Gasteiger partial charge on any atom is -0.383 e. The summed E-state index contributed by atoms with van der Waals surface area (Å²) in [6.45, 7) is 0. The van der Waals surface area contributed by atoms with E-state index in [2.05, 4.69) is 45.0 Å². The van der Waals surface area contributed by atoms with E-state index in [1.807, 2.05) is 30.3 Å². The SMILES string of the molecule is Nc1ncnc2c1c(-c1cc3nc(-c4ccccc4)ccc3cc1Cl)cn2C1CCC1. The predicted molar refractivity (Wildman–Crippen MR) is 126 cm³/mol. The topological polar surface area (TPSA) is 69.6 Å². The lowest BCUT2D eigenvalue weighted by Crippen LogP contribution is -2.16. The molecular formula is C25H20ClN5. The van der Waals surface area contributed by atoms with Crippen LogP contribution in [-0.2, 0) is 0 Å². The summed E-state index contributed by atoms with van der Waals surface area (Å²) >= 11 is 6.77. The highest BCUT2D eigenvalue weighted by Gasteiger charge is 2.25. The molecule has 1 aliphatic rings. The maximum absolute atomic E-state index is 6.77. The third kappa shape index (κ3) is 2.96. The number of fused-ring (bicyclic) bond motifs is 2. The Morgan fingerprint density at radius 1 is 0.968 bits per heavy atom. The van der Waals surface area contributed by atoms with Gasteiger partial charge in [-0.3, -0.25) is 0 Å². The molecule has 1 aliphatic carbocycles. The van der Waals surface area contributed by atoms with E-state index in [4.69, 9.17) is 22.3 Å². The van der Waals surface area contributed by atoms with Crippen LogP contribution in [0.3, 0.4) is 0 Å². The summed E-state index contributed by atoms with van der Waals surface area (Å²) in [5.74, 6) is 0.472. The van der Waals surface area contributed by atoms with Crippen molar-refractivity contribution in [3.8, 4) is 22.4 Å². The fourth-order valence-corrected chi connectivity index (χ4v) is 4.65. The number of anilines is 1. The van der Waals surface area contributed by atoms with E-state index in [0.717, 1.165) is 57.2 Å². The molecule has 2 N–H and O–H groups in total. The molecule has 3 aromatic heterocycles. The van der Waals surface area contributed by atoms with Crippen LogP contribution in [0.5, 0.6) is 0 Å². The predicted octanol–water partition coefficient (Wildman–Crippen LogP) is 6.27. The van der Waals surface area contributed by atoms with Gasteiger partial charge in [-0.05, 0) is 37.5 Å². The van der Waals surface area contributed by atoms with Gasteiger partial charge in [0.1, 0.15) is 17.8 Å². The van der Waals surface area contributed by atoms with Crippen molar-refractivity contribution in [2.24, 2.45) is 0 Å². The molecule has 5 nitrogen and oxygen atoms in total. The molecule has 0 saturated heterocycles. The van der Waals surface area contributed by atoms with Crippen LogP contribution in [0.1, 0.15) is 25.3 Å². The van der Waals surface area contributed by atoms with E-state index in [1.165, 1.54) is 12.7 Å².